The number of rotatable bonds is 5. The minimum absolute atomic E-state index is 0.0405. The fourth-order valence-electron chi connectivity index (χ4n) is 1.81. The van der Waals surface area contributed by atoms with Gasteiger partial charge >= 0.3 is 5.97 Å². The highest BCUT2D eigenvalue weighted by atomic mass is 16.5. The molecule has 2 N–H and O–H groups in total. The molecule has 2 rings (SSSR count). The SMILES string of the molecule is CCOC(=O)c1nnn(CC(=O)N2CCC2)c1CN. The van der Waals surface area contributed by atoms with Gasteiger partial charge in [-0.1, -0.05) is 5.21 Å². The number of carbonyl (C=O) groups is 2. The minimum Gasteiger partial charge on any atom is -0.461 e. The summed E-state index contributed by atoms with van der Waals surface area (Å²) in [5.41, 5.74) is 6.10. The molecule has 2 heterocycles. The van der Waals surface area contributed by atoms with Crippen molar-refractivity contribution in [1.82, 2.24) is 19.9 Å². The maximum absolute atomic E-state index is 11.8. The fraction of sp³-hybridized carbons (Fsp3) is 0.636. The number of likely N-dealkylation sites (tertiary alicyclic amines) is 1. The van der Waals surface area contributed by atoms with Crippen molar-refractivity contribution in [3.05, 3.63) is 11.4 Å². The van der Waals surface area contributed by atoms with E-state index in [4.69, 9.17) is 10.5 Å². The maximum Gasteiger partial charge on any atom is 0.360 e. The first-order chi connectivity index (χ1) is 9.17. The van der Waals surface area contributed by atoms with E-state index in [-0.39, 0.29) is 31.3 Å². The van der Waals surface area contributed by atoms with Gasteiger partial charge in [0, 0.05) is 19.6 Å². The summed E-state index contributed by atoms with van der Waals surface area (Å²) in [5, 5.41) is 7.56. The number of ether oxygens (including phenoxy) is 1. The summed E-state index contributed by atoms with van der Waals surface area (Å²) in [6, 6.07) is 0. The number of esters is 1. The Morgan fingerprint density at radius 1 is 1.42 bits per heavy atom. The van der Waals surface area contributed by atoms with Crippen LogP contribution in [0.15, 0.2) is 0 Å². The molecular formula is C11H17N5O3. The number of hydrogen-bond acceptors (Lipinski definition) is 6. The molecular weight excluding hydrogens is 250 g/mol. The van der Waals surface area contributed by atoms with Crippen molar-refractivity contribution < 1.29 is 14.3 Å². The van der Waals surface area contributed by atoms with Crippen molar-refractivity contribution in [2.45, 2.75) is 26.4 Å². The van der Waals surface area contributed by atoms with Crippen LogP contribution < -0.4 is 5.73 Å². The highest BCUT2D eigenvalue weighted by Crippen LogP contribution is 2.10. The van der Waals surface area contributed by atoms with Crippen LogP contribution in [0.5, 0.6) is 0 Å². The molecule has 0 radical (unpaired) electrons. The van der Waals surface area contributed by atoms with E-state index in [9.17, 15) is 9.59 Å². The van der Waals surface area contributed by atoms with E-state index in [1.165, 1.54) is 4.68 Å². The van der Waals surface area contributed by atoms with Crippen LogP contribution in [-0.4, -0.2) is 51.5 Å². The molecule has 1 aromatic heterocycles. The number of aromatic nitrogens is 3. The van der Waals surface area contributed by atoms with Gasteiger partial charge in [-0.15, -0.1) is 5.10 Å². The molecule has 0 bridgehead atoms. The van der Waals surface area contributed by atoms with Gasteiger partial charge in [0.05, 0.1) is 12.3 Å². The van der Waals surface area contributed by atoms with Crippen molar-refractivity contribution in [1.29, 1.82) is 0 Å². The summed E-state index contributed by atoms with van der Waals surface area (Å²) in [4.78, 5) is 25.2. The molecule has 0 saturated carbocycles. The van der Waals surface area contributed by atoms with Crippen molar-refractivity contribution >= 4 is 11.9 Å². The monoisotopic (exact) mass is 267 g/mol. The summed E-state index contributed by atoms with van der Waals surface area (Å²) in [6.07, 6.45) is 1.03. The van der Waals surface area contributed by atoms with E-state index in [1.807, 2.05) is 0 Å². The normalized spacial score (nSPS) is 14.1. The van der Waals surface area contributed by atoms with E-state index in [0.29, 0.717) is 5.69 Å². The molecule has 0 aromatic carbocycles. The molecule has 8 heteroatoms. The second kappa shape index (κ2) is 5.79. The molecule has 1 aromatic rings. The zero-order valence-corrected chi connectivity index (χ0v) is 10.8. The summed E-state index contributed by atoms with van der Waals surface area (Å²) >= 11 is 0. The molecule has 8 nitrogen and oxygen atoms in total. The fourth-order valence-corrected chi connectivity index (χ4v) is 1.81. The van der Waals surface area contributed by atoms with Crippen molar-refractivity contribution in [3.8, 4) is 0 Å². The van der Waals surface area contributed by atoms with Gasteiger partial charge in [-0.2, -0.15) is 0 Å². The van der Waals surface area contributed by atoms with Crippen LogP contribution in [0.3, 0.4) is 0 Å². The molecule has 1 aliphatic heterocycles. The third-order valence-corrected chi connectivity index (χ3v) is 2.99. The van der Waals surface area contributed by atoms with Gasteiger partial charge in [-0.3, -0.25) is 4.79 Å². The third kappa shape index (κ3) is 2.73. The number of carbonyl (C=O) groups excluding carboxylic acids is 2. The van der Waals surface area contributed by atoms with Gasteiger partial charge < -0.3 is 15.4 Å². The van der Waals surface area contributed by atoms with Gasteiger partial charge in [0.2, 0.25) is 5.91 Å². The van der Waals surface area contributed by atoms with Crippen LogP contribution in [0.2, 0.25) is 0 Å². The number of nitrogens with two attached hydrogens (primary N) is 1. The van der Waals surface area contributed by atoms with E-state index in [2.05, 4.69) is 10.3 Å². The number of amides is 1. The predicted octanol–water partition coefficient (Wildman–Crippen LogP) is -0.854. The maximum atomic E-state index is 11.8. The van der Waals surface area contributed by atoms with Crippen LogP contribution in [0.4, 0.5) is 0 Å². The van der Waals surface area contributed by atoms with Gasteiger partial charge in [0.1, 0.15) is 6.54 Å². The zero-order valence-electron chi connectivity index (χ0n) is 10.8. The average molecular weight is 267 g/mol. The summed E-state index contributed by atoms with van der Waals surface area (Å²) < 4.78 is 6.23. The highest BCUT2D eigenvalue weighted by molar-refractivity contribution is 5.88. The summed E-state index contributed by atoms with van der Waals surface area (Å²) in [7, 11) is 0. The molecule has 0 spiro atoms. The lowest BCUT2D eigenvalue weighted by Crippen LogP contribution is -2.44. The molecule has 0 unspecified atom stereocenters. The van der Waals surface area contributed by atoms with Crippen LogP contribution in [0, 0.1) is 0 Å². The van der Waals surface area contributed by atoms with Crippen LogP contribution in [0.25, 0.3) is 0 Å². The van der Waals surface area contributed by atoms with Crippen molar-refractivity contribution in [2.75, 3.05) is 19.7 Å². The molecule has 1 amide bonds. The molecule has 0 atom stereocenters. The quantitative estimate of drug-likeness (QED) is 0.697. The van der Waals surface area contributed by atoms with Gasteiger partial charge in [-0.25, -0.2) is 9.48 Å². The lowest BCUT2D eigenvalue weighted by atomic mass is 10.2. The Morgan fingerprint density at radius 2 is 2.16 bits per heavy atom. The van der Waals surface area contributed by atoms with Crippen LogP contribution in [0.1, 0.15) is 29.5 Å². The summed E-state index contributed by atoms with van der Waals surface area (Å²) in [6.45, 7) is 3.64. The third-order valence-electron chi connectivity index (χ3n) is 2.99. The first-order valence-corrected chi connectivity index (χ1v) is 6.24. The molecule has 1 saturated heterocycles. The minimum atomic E-state index is -0.564. The molecule has 104 valence electrons. The second-order valence-corrected chi connectivity index (χ2v) is 4.20. The Morgan fingerprint density at radius 3 is 2.68 bits per heavy atom. The van der Waals surface area contributed by atoms with Crippen LogP contribution >= 0.6 is 0 Å². The topological polar surface area (TPSA) is 103 Å². The van der Waals surface area contributed by atoms with E-state index in [1.54, 1.807) is 11.8 Å². The van der Waals surface area contributed by atoms with E-state index in [0.717, 1.165) is 19.5 Å². The van der Waals surface area contributed by atoms with Crippen LogP contribution in [-0.2, 0) is 22.6 Å². The van der Waals surface area contributed by atoms with Crippen molar-refractivity contribution in [3.63, 3.8) is 0 Å². The van der Waals surface area contributed by atoms with Gasteiger partial charge in [-0.05, 0) is 13.3 Å². The first-order valence-electron chi connectivity index (χ1n) is 6.24. The Balaban J connectivity index is 2.12. The molecule has 1 aliphatic rings. The Labute approximate surface area is 110 Å². The van der Waals surface area contributed by atoms with Gasteiger partial charge in [0.25, 0.3) is 0 Å². The Kier molecular flexibility index (Phi) is 4.10. The predicted molar refractivity (Wildman–Crippen MR) is 65.1 cm³/mol. The lowest BCUT2D eigenvalue weighted by molar-refractivity contribution is -0.135. The standard InChI is InChI=1S/C11H17N5O3/c1-2-19-11(18)10-8(6-12)16(14-13-10)7-9(17)15-4-3-5-15/h2-7,12H2,1H3. The largest absolute Gasteiger partial charge is 0.461 e. The molecule has 19 heavy (non-hydrogen) atoms. The smallest absolute Gasteiger partial charge is 0.360 e. The summed E-state index contributed by atoms with van der Waals surface area (Å²) in [5.74, 6) is -0.605. The molecule has 0 aliphatic carbocycles. The Bertz CT molecular complexity index is 481. The zero-order chi connectivity index (χ0) is 13.8. The average Bonchev–Trinajstić information content (AvgIpc) is 2.69. The lowest BCUT2D eigenvalue weighted by Gasteiger charge is -2.30. The number of nitrogens with zero attached hydrogens (tertiary/aromatic N) is 4. The Hall–Kier alpha value is -1.96. The number of hydrogen-bond donors (Lipinski definition) is 1. The second-order valence-electron chi connectivity index (χ2n) is 4.20. The van der Waals surface area contributed by atoms with E-state index < -0.39 is 5.97 Å². The van der Waals surface area contributed by atoms with Gasteiger partial charge in [0.15, 0.2) is 5.69 Å². The van der Waals surface area contributed by atoms with Crippen molar-refractivity contribution in [2.24, 2.45) is 5.73 Å². The first kappa shape index (κ1) is 13.5. The highest BCUT2D eigenvalue weighted by Gasteiger charge is 2.24. The molecule has 1 fully saturated rings. The van der Waals surface area contributed by atoms with E-state index >= 15 is 0 Å².